The number of benzene rings is 19. The fourth-order valence-corrected chi connectivity index (χ4v) is 19.7. The van der Waals surface area contributed by atoms with E-state index >= 15 is 0 Å². The molecule has 0 bridgehead atoms. The van der Waals surface area contributed by atoms with E-state index in [9.17, 15) is 0 Å². The summed E-state index contributed by atoms with van der Waals surface area (Å²) in [4.78, 5) is 4.81. The monoisotopic (exact) mass is 1570 g/mol. The lowest BCUT2D eigenvalue weighted by atomic mass is 9.81. The zero-order valence-corrected chi connectivity index (χ0v) is 67.7. The fraction of sp³-hybridized carbons (Fsp3) is 0.0256. The van der Waals surface area contributed by atoms with Gasteiger partial charge >= 0.3 is 0 Å². The number of rotatable bonds is 15. The molecule has 6 heteroatoms. The number of furan rings is 2. The van der Waals surface area contributed by atoms with Crippen LogP contribution < -0.4 is 9.80 Å². The molecule has 6 nitrogen and oxygen atoms in total. The zero-order chi connectivity index (χ0) is 81.4. The molecule has 0 N–H and O–H groups in total. The van der Waals surface area contributed by atoms with Gasteiger partial charge in [-0.3, -0.25) is 0 Å². The summed E-state index contributed by atoms with van der Waals surface area (Å²) < 4.78 is 18.4. The van der Waals surface area contributed by atoms with Gasteiger partial charge < -0.3 is 27.8 Å². The minimum Gasteiger partial charge on any atom is -0.456 e. The Kier molecular flexibility index (Phi) is 16.6. The number of hydrogen-bond donors (Lipinski definition) is 0. The molecule has 1 aliphatic carbocycles. The third kappa shape index (κ3) is 11.9. The van der Waals surface area contributed by atoms with Gasteiger partial charge in [-0.1, -0.05) is 275 Å². The van der Waals surface area contributed by atoms with Crippen molar-refractivity contribution in [2.45, 2.75) is 19.3 Å². The average Bonchev–Trinajstić information content (AvgIpc) is 1.60. The summed E-state index contributed by atoms with van der Waals surface area (Å²) in [5.41, 5.74) is 37.6. The van der Waals surface area contributed by atoms with Crippen LogP contribution in [0.25, 0.3) is 188 Å². The maximum absolute atomic E-state index is 6.82. The number of hydrogen-bond acceptors (Lipinski definition) is 4. The summed E-state index contributed by atoms with van der Waals surface area (Å²) in [6.07, 6.45) is 0. The second kappa shape index (κ2) is 28.6. The third-order valence-electron chi connectivity index (χ3n) is 25.7. The molecule has 0 amide bonds. The van der Waals surface area contributed by atoms with E-state index in [2.05, 4.69) is 470 Å². The SMILES string of the molecule is CC1(C)c2ccc(-c3ccc4oc5ccc(N(c6ccc(-c7ccccc7)cc6)c6ccccc6-c6cccc(-c7ccc8c(c7)c7ccccc7n8-c7ccccc7)c6)cc5c4c3)cc2-c2ccc(-c3ccc(N(c4ccc(-c5ccccc5)cc4)c4cccc5oc6ccc(-c7ccc8c(c7)c7ccccc7n8-c7ccccc7)cc6c45)cc3)cc21. The van der Waals surface area contributed by atoms with E-state index < -0.39 is 0 Å². The highest BCUT2D eigenvalue weighted by atomic mass is 16.3. The van der Waals surface area contributed by atoms with Gasteiger partial charge in [-0.15, -0.1) is 0 Å². The van der Waals surface area contributed by atoms with Crippen molar-refractivity contribution in [3.05, 3.63) is 448 Å². The quantitative estimate of drug-likeness (QED) is 0.103. The highest BCUT2D eigenvalue weighted by Crippen LogP contribution is 2.53. The van der Waals surface area contributed by atoms with Crippen molar-refractivity contribution >= 4 is 122 Å². The third-order valence-corrected chi connectivity index (χ3v) is 25.7. The summed E-state index contributed by atoms with van der Waals surface area (Å²) in [6.45, 7) is 4.76. The van der Waals surface area contributed by atoms with Crippen molar-refractivity contribution in [3.8, 4) is 100 Å². The van der Waals surface area contributed by atoms with Gasteiger partial charge in [-0.05, 0) is 271 Å². The van der Waals surface area contributed by atoms with E-state index in [4.69, 9.17) is 8.83 Å². The molecule has 0 fully saturated rings. The minimum absolute atomic E-state index is 0.263. The van der Waals surface area contributed by atoms with Crippen molar-refractivity contribution in [3.63, 3.8) is 0 Å². The first kappa shape index (κ1) is 71.1. The van der Waals surface area contributed by atoms with Crippen molar-refractivity contribution in [1.82, 2.24) is 9.13 Å². The largest absolute Gasteiger partial charge is 0.456 e. The maximum Gasteiger partial charge on any atom is 0.137 e. The molecule has 4 aromatic heterocycles. The van der Waals surface area contributed by atoms with Crippen LogP contribution in [-0.2, 0) is 5.41 Å². The molecule has 0 saturated carbocycles. The van der Waals surface area contributed by atoms with Gasteiger partial charge in [0.25, 0.3) is 0 Å². The van der Waals surface area contributed by atoms with Crippen LogP contribution in [0.3, 0.4) is 0 Å². The molecule has 24 rings (SSSR count). The molecule has 0 atom stereocenters. The maximum atomic E-state index is 6.82. The smallest absolute Gasteiger partial charge is 0.137 e. The molecule has 0 aliphatic heterocycles. The van der Waals surface area contributed by atoms with E-state index in [1.54, 1.807) is 0 Å². The van der Waals surface area contributed by atoms with Crippen LogP contribution in [0.2, 0.25) is 0 Å². The lowest BCUT2D eigenvalue weighted by Crippen LogP contribution is -2.15. The molecule has 578 valence electrons. The first-order chi connectivity index (χ1) is 60.7. The number of para-hydroxylation sites is 5. The van der Waals surface area contributed by atoms with Crippen LogP contribution in [0, 0.1) is 0 Å². The van der Waals surface area contributed by atoms with Gasteiger partial charge in [0.1, 0.15) is 22.3 Å². The Morgan fingerprint density at radius 1 is 0.203 bits per heavy atom. The van der Waals surface area contributed by atoms with Gasteiger partial charge in [-0.2, -0.15) is 0 Å². The second-order valence-electron chi connectivity index (χ2n) is 33.1. The van der Waals surface area contributed by atoms with Crippen molar-refractivity contribution in [2.24, 2.45) is 0 Å². The van der Waals surface area contributed by atoms with E-state index in [1.807, 2.05) is 0 Å². The van der Waals surface area contributed by atoms with Gasteiger partial charge in [0, 0.05) is 82.8 Å². The standard InChI is InChI=1S/C117H78N4O2/c1-117(2)104-61-48-81(84-51-64-112-101(71-84)102-74-93(59-66-113(102)122-112)119(92-55-43-78(44-56-92)76-25-9-4-10-26-76)106-36-18-15-33-94(106)87-28-21-27-80(67-87)82-49-62-109-99(69-82)96-34-16-19-37-107(96)120(109)88-29-11-5-12-30-88)68-98(104)95-60-47-86(73-105(95)117)79-45-57-91(58-46-79)118(90-53-41-77(42-54-90)75-23-7-3-8-24-75)111-39-22-40-115-116(111)103-72-85(52-65-114(103)123-115)83-50-63-110-100(70-83)97-35-17-20-38-108(97)121(110)89-31-13-6-14-32-89/h3-74H,1-2H3. The molecule has 19 aromatic carbocycles. The first-order valence-corrected chi connectivity index (χ1v) is 42.3. The minimum atomic E-state index is -0.263. The highest BCUT2D eigenvalue weighted by molar-refractivity contribution is 6.16. The summed E-state index contributed by atoms with van der Waals surface area (Å²) in [5.74, 6) is 0. The Labute approximate surface area is 712 Å². The van der Waals surface area contributed by atoms with Gasteiger partial charge in [0.05, 0.1) is 38.8 Å². The van der Waals surface area contributed by atoms with Gasteiger partial charge in [0.2, 0.25) is 0 Å². The molecular formula is C117H78N4O2. The number of nitrogens with zero attached hydrogens (tertiary/aromatic N) is 4. The van der Waals surface area contributed by atoms with E-state index in [-0.39, 0.29) is 5.41 Å². The summed E-state index contributed by atoms with van der Waals surface area (Å²) in [7, 11) is 0. The fourth-order valence-electron chi connectivity index (χ4n) is 19.7. The Morgan fingerprint density at radius 3 is 1.17 bits per heavy atom. The predicted octanol–water partition coefficient (Wildman–Crippen LogP) is 32.6. The van der Waals surface area contributed by atoms with Crippen LogP contribution in [0.1, 0.15) is 25.0 Å². The van der Waals surface area contributed by atoms with E-state index in [0.29, 0.717) is 0 Å². The van der Waals surface area contributed by atoms with Gasteiger partial charge in [-0.25, -0.2) is 0 Å². The molecule has 4 heterocycles. The number of fused-ring (bicyclic) bond motifs is 15. The average molecular weight is 1570 g/mol. The Morgan fingerprint density at radius 2 is 0.577 bits per heavy atom. The van der Waals surface area contributed by atoms with E-state index in [0.717, 1.165) is 151 Å². The van der Waals surface area contributed by atoms with Crippen molar-refractivity contribution in [2.75, 3.05) is 9.80 Å². The predicted molar refractivity (Wildman–Crippen MR) is 515 cm³/mol. The van der Waals surface area contributed by atoms with Crippen LogP contribution in [-0.4, -0.2) is 9.13 Å². The van der Waals surface area contributed by atoms with Gasteiger partial charge in [0.15, 0.2) is 0 Å². The summed E-state index contributed by atoms with van der Waals surface area (Å²) >= 11 is 0. The molecule has 0 spiro atoms. The Balaban J connectivity index is 0.560. The molecule has 123 heavy (non-hydrogen) atoms. The zero-order valence-electron chi connectivity index (χ0n) is 67.7. The Hall–Kier alpha value is -16.0. The van der Waals surface area contributed by atoms with Crippen LogP contribution >= 0.6 is 0 Å². The number of aromatic nitrogens is 2. The van der Waals surface area contributed by atoms with Crippen LogP contribution in [0.4, 0.5) is 34.1 Å². The molecule has 23 aromatic rings. The second-order valence-corrected chi connectivity index (χ2v) is 33.1. The lowest BCUT2D eigenvalue weighted by molar-refractivity contribution is 0.660. The van der Waals surface area contributed by atoms with E-state index in [1.165, 1.54) is 82.6 Å². The molecular weight excluding hydrogens is 1490 g/mol. The molecule has 0 unspecified atom stereocenters. The first-order valence-electron chi connectivity index (χ1n) is 42.3. The normalized spacial score (nSPS) is 12.4. The Bertz CT molecular complexity index is 8120. The van der Waals surface area contributed by atoms with Crippen LogP contribution in [0.5, 0.6) is 0 Å². The topological polar surface area (TPSA) is 42.6 Å². The lowest BCUT2D eigenvalue weighted by Gasteiger charge is -2.28. The van der Waals surface area contributed by atoms with Crippen molar-refractivity contribution < 1.29 is 8.83 Å². The van der Waals surface area contributed by atoms with Crippen LogP contribution in [0.15, 0.2) is 446 Å². The molecule has 0 radical (unpaired) electrons. The van der Waals surface area contributed by atoms with Crippen molar-refractivity contribution in [1.29, 1.82) is 0 Å². The summed E-state index contributed by atoms with van der Waals surface area (Å²) in [6, 6.07) is 160. The number of anilines is 6. The summed E-state index contributed by atoms with van der Waals surface area (Å²) in [5, 5.41) is 9.11. The molecule has 0 saturated heterocycles. The molecule has 1 aliphatic rings. The highest BCUT2D eigenvalue weighted by Gasteiger charge is 2.36.